The van der Waals surface area contributed by atoms with Gasteiger partial charge in [0.15, 0.2) is 0 Å². The van der Waals surface area contributed by atoms with E-state index in [4.69, 9.17) is 4.74 Å². The zero-order chi connectivity index (χ0) is 16.1. The van der Waals surface area contributed by atoms with Gasteiger partial charge in [-0.1, -0.05) is 36.8 Å². The molecule has 4 heteroatoms. The molecule has 122 valence electrons. The number of carbonyl (C=O) groups excluding carboxylic acids is 1. The van der Waals surface area contributed by atoms with Crippen molar-refractivity contribution in [2.45, 2.75) is 44.6 Å². The molecule has 1 aliphatic rings. The molecular formula is C18H27NO3. The van der Waals surface area contributed by atoms with Crippen LogP contribution in [0.15, 0.2) is 30.3 Å². The van der Waals surface area contributed by atoms with Gasteiger partial charge in [-0.15, -0.1) is 0 Å². The monoisotopic (exact) mass is 305 g/mol. The molecule has 0 aliphatic heterocycles. The third-order valence-corrected chi connectivity index (χ3v) is 4.81. The second-order valence-corrected chi connectivity index (χ2v) is 6.69. The fourth-order valence-electron chi connectivity index (χ4n) is 3.07. The summed E-state index contributed by atoms with van der Waals surface area (Å²) >= 11 is 0. The van der Waals surface area contributed by atoms with Crippen molar-refractivity contribution in [1.29, 1.82) is 0 Å². The maximum atomic E-state index is 12.2. The minimum absolute atomic E-state index is 0.0807. The fourth-order valence-corrected chi connectivity index (χ4v) is 3.07. The first-order valence-electron chi connectivity index (χ1n) is 8.01. The molecule has 0 bridgehead atoms. The van der Waals surface area contributed by atoms with E-state index in [0.717, 1.165) is 31.4 Å². The number of ether oxygens (including phenoxy) is 1. The summed E-state index contributed by atoms with van der Waals surface area (Å²) in [5.74, 6) is -0.0995. The lowest BCUT2D eigenvalue weighted by Gasteiger charge is -2.42. The van der Waals surface area contributed by atoms with Crippen LogP contribution in [0, 0.1) is 5.41 Å². The van der Waals surface area contributed by atoms with Crippen LogP contribution in [0.4, 0.5) is 0 Å². The van der Waals surface area contributed by atoms with Crippen LogP contribution < -0.4 is 5.32 Å². The topological polar surface area (TPSA) is 58.6 Å². The van der Waals surface area contributed by atoms with E-state index >= 15 is 0 Å². The predicted octanol–water partition coefficient (Wildman–Crippen LogP) is 2.61. The maximum Gasteiger partial charge on any atom is 0.223 e. The summed E-state index contributed by atoms with van der Waals surface area (Å²) in [6, 6.07) is 9.33. The number of benzene rings is 1. The molecule has 2 rings (SSSR count). The minimum Gasteiger partial charge on any atom is -0.385 e. The number of carbonyl (C=O) groups is 1. The van der Waals surface area contributed by atoms with E-state index in [0.29, 0.717) is 6.54 Å². The first kappa shape index (κ1) is 17.0. The van der Waals surface area contributed by atoms with Crippen molar-refractivity contribution in [3.05, 3.63) is 35.9 Å². The molecule has 4 nitrogen and oxygen atoms in total. The lowest BCUT2D eigenvalue weighted by atomic mass is 9.66. The summed E-state index contributed by atoms with van der Waals surface area (Å²) in [7, 11) is 1.71. The number of aliphatic hydroxyl groups is 1. The van der Waals surface area contributed by atoms with E-state index in [9.17, 15) is 9.90 Å². The van der Waals surface area contributed by atoms with Crippen molar-refractivity contribution in [3.8, 4) is 0 Å². The Bertz CT molecular complexity index is 480. The molecule has 1 atom stereocenters. The van der Waals surface area contributed by atoms with Crippen molar-refractivity contribution in [2.24, 2.45) is 5.41 Å². The third kappa shape index (κ3) is 4.31. The van der Waals surface area contributed by atoms with E-state index in [1.54, 1.807) is 14.0 Å². The Hall–Kier alpha value is -1.39. The van der Waals surface area contributed by atoms with Crippen LogP contribution in [0.5, 0.6) is 0 Å². The summed E-state index contributed by atoms with van der Waals surface area (Å²) in [4.78, 5) is 12.2. The molecule has 0 radical (unpaired) electrons. The zero-order valence-electron chi connectivity index (χ0n) is 13.6. The molecule has 1 saturated carbocycles. The van der Waals surface area contributed by atoms with Crippen molar-refractivity contribution in [3.63, 3.8) is 0 Å². The van der Waals surface area contributed by atoms with Crippen molar-refractivity contribution in [1.82, 2.24) is 5.32 Å². The van der Waals surface area contributed by atoms with E-state index in [1.807, 2.05) is 30.3 Å². The molecule has 1 amide bonds. The van der Waals surface area contributed by atoms with Crippen LogP contribution in [0.3, 0.4) is 0 Å². The van der Waals surface area contributed by atoms with Gasteiger partial charge in [0.1, 0.15) is 0 Å². The molecule has 2 N–H and O–H groups in total. The number of methoxy groups -OCH3 is 1. The van der Waals surface area contributed by atoms with Crippen LogP contribution in [0.25, 0.3) is 0 Å². The Morgan fingerprint density at radius 2 is 2.05 bits per heavy atom. The largest absolute Gasteiger partial charge is 0.385 e. The average molecular weight is 305 g/mol. The summed E-state index contributed by atoms with van der Waals surface area (Å²) in [5.41, 5.74) is -0.169. The molecule has 1 aliphatic carbocycles. The van der Waals surface area contributed by atoms with Gasteiger partial charge >= 0.3 is 0 Å². The van der Waals surface area contributed by atoms with E-state index in [1.165, 1.54) is 6.42 Å². The molecule has 1 unspecified atom stereocenters. The predicted molar refractivity (Wildman–Crippen MR) is 86.4 cm³/mol. The molecular weight excluding hydrogens is 278 g/mol. The lowest BCUT2D eigenvalue weighted by Crippen LogP contribution is -2.44. The standard InChI is InChI=1S/C18H27NO3/c1-17(21,15-7-4-3-5-8-15)13-16(20)19-14-18(9-6-10-18)11-12-22-2/h3-5,7-8,21H,6,9-14H2,1-2H3,(H,19,20). The van der Waals surface area contributed by atoms with Crippen LogP contribution in [-0.2, 0) is 15.1 Å². The average Bonchev–Trinajstić information content (AvgIpc) is 2.46. The molecule has 1 fully saturated rings. The third-order valence-electron chi connectivity index (χ3n) is 4.81. The Balaban J connectivity index is 1.85. The molecule has 0 spiro atoms. The Labute approximate surface area is 132 Å². The summed E-state index contributed by atoms with van der Waals surface area (Å²) in [5, 5.41) is 13.5. The number of hydrogen-bond acceptors (Lipinski definition) is 3. The van der Waals surface area contributed by atoms with Gasteiger partial charge < -0.3 is 15.2 Å². The molecule has 1 aromatic rings. The van der Waals surface area contributed by atoms with Gasteiger partial charge in [-0.25, -0.2) is 0 Å². The van der Waals surface area contributed by atoms with Crippen LogP contribution in [0.1, 0.15) is 44.6 Å². The summed E-state index contributed by atoms with van der Waals surface area (Å²) < 4.78 is 5.17. The molecule has 22 heavy (non-hydrogen) atoms. The fraction of sp³-hybridized carbons (Fsp3) is 0.611. The second-order valence-electron chi connectivity index (χ2n) is 6.69. The lowest BCUT2D eigenvalue weighted by molar-refractivity contribution is -0.126. The van der Waals surface area contributed by atoms with Crippen molar-refractivity contribution < 1.29 is 14.6 Å². The van der Waals surface area contributed by atoms with E-state index < -0.39 is 5.60 Å². The van der Waals surface area contributed by atoms with Gasteiger partial charge in [-0.05, 0) is 37.2 Å². The normalized spacial score (nSPS) is 19.0. The Morgan fingerprint density at radius 1 is 1.36 bits per heavy atom. The number of amides is 1. The SMILES string of the molecule is COCCC1(CNC(=O)CC(C)(O)c2ccccc2)CCC1. The van der Waals surface area contributed by atoms with Gasteiger partial charge in [0, 0.05) is 20.3 Å². The van der Waals surface area contributed by atoms with Crippen LogP contribution in [-0.4, -0.2) is 31.3 Å². The number of nitrogens with one attached hydrogen (secondary N) is 1. The van der Waals surface area contributed by atoms with E-state index in [-0.39, 0.29) is 17.7 Å². The molecule has 0 aromatic heterocycles. The van der Waals surface area contributed by atoms with E-state index in [2.05, 4.69) is 5.32 Å². The van der Waals surface area contributed by atoms with Gasteiger partial charge in [-0.2, -0.15) is 0 Å². The van der Waals surface area contributed by atoms with Gasteiger partial charge in [0.05, 0.1) is 12.0 Å². The quantitative estimate of drug-likeness (QED) is 0.776. The maximum absolute atomic E-state index is 12.2. The van der Waals surface area contributed by atoms with Gasteiger partial charge in [-0.3, -0.25) is 4.79 Å². The molecule has 0 saturated heterocycles. The highest BCUT2D eigenvalue weighted by atomic mass is 16.5. The van der Waals surface area contributed by atoms with Gasteiger partial charge in [0.2, 0.25) is 5.91 Å². The Kier molecular flexibility index (Phi) is 5.59. The highest BCUT2D eigenvalue weighted by Crippen LogP contribution is 2.43. The molecule has 0 heterocycles. The number of rotatable bonds is 8. The Morgan fingerprint density at radius 3 is 2.59 bits per heavy atom. The molecule has 1 aromatic carbocycles. The van der Waals surface area contributed by atoms with Crippen LogP contribution >= 0.6 is 0 Å². The number of hydrogen-bond donors (Lipinski definition) is 2. The summed E-state index contributed by atoms with van der Waals surface area (Å²) in [6.45, 7) is 3.10. The van der Waals surface area contributed by atoms with Gasteiger partial charge in [0.25, 0.3) is 0 Å². The zero-order valence-corrected chi connectivity index (χ0v) is 13.6. The highest BCUT2D eigenvalue weighted by Gasteiger charge is 2.37. The van der Waals surface area contributed by atoms with Crippen molar-refractivity contribution in [2.75, 3.05) is 20.3 Å². The first-order chi connectivity index (χ1) is 10.5. The summed E-state index contributed by atoms with van der Waals surface area (Å²) in [6.07, 6.45) is 4.58. The van der Waals surface area contributed by atoms with Crippen LogP contribution in [0.2, 0.25) is 0 Å². The second kappa shape index (κ2) is 7.25. The first-order valence-corrected chi connectivity index (χ1v) is 8.01. The minimum atomic E-state index is -1.13. The smallest absolute Gasteiger partial charge is 0.223 e. The van der Waals surface area contributed by atoms with Crippen molar-refractivity contribution >= 4 is 5.91 Å². The highest BCUT2D eigenvalue weighted by molar-refractivity contribution is 5.77.